The molecule has 7 nitrogen and oxygen atoms in total. The van der Waals surface area contributed by atoms with Gasteiger partial charge in [-0.05, 0) is 48.4 Å². The Morgan fingerprint density at radius 1 is 1.07 bits per heavy atom. The van der Waals surface area contributed by atoms with Gasteiger partial charge in [0.05, 0.1) is 4.90 Å². The van der Waals surface area contributed by atoms with Gasteiger partial charge in [0, 0.05) is 49.1 Å². The molecule has 1 fully saturated rings. The fourth-order valence-corrected chi connectivity index (χ4v) is 4.80. The number of rotatable bonds is 6. The first-order chi connectivity index (χ1) is 14.3. The monoisotopic (exact) mass is 450 g/mol. The summed E-state index contributed by atoms with van der Waals surface area (Å²) in [7, 11) is -3.59. The van der Waals surface area contributed by atoms with Crippen LogP contribution < -0.4 is 15.5 Å². The molecule has 2 aromatic carbocycles. The van der Waals surface area contributed by atoms with Gasteiger partial charge in [-0.2, -0.15) is 4.31 Å². The molecule has 162 valence electrons. The van der Waals surface area contributed by atoms with Crippen molar-refractivity contribution in [2.75, 3.05) is 42.9 Å². The van der Waals surface area contributed by atoms with Crippen molar-refractivity contribution >= 4 is 39.0 Å². The zero-order valence-electron chi connectivity index (χ0n) is 17.1. The van der Waals surface area contributed by atoms with Crippen molar-refractivity contribution in [1.82, 2.24) is 9.62 Å². The van der Waals surface area contributed by atoms with Crippen LogP contribution in [0.1, 0.15) is 13.8 Å². The third-order valence-corrected chi connectivity index (χ3v) is 6.98. The smallest absolute Gasteiger partial charge is 0.319 e. The van der Waals surface area contributed by atoms with Crippen molar-refractivity contribution in [2.45, 2.75) is 18.7 Å². The van der Waals surface area contributed by atoms with E-state index in [0.29, 0.717) is 49.4 Å². The van der Waals surface area contributed by atoms with Crippen molar-refractivity contribution in [3.63, 3.8) is 0 Å². The topological polar surface area (TPSA) is 81.8 Å². The van der Waals surface area contributed by atoms with Gasteiger partial charge in [0.15, 0.2) is 0 Å². The molecule has 0 atom stereocenters. The fourth-order valence-electron chi connectivity index (χ4n) is 3.19. The van der Waals surface area contributed by atoms with E-state index < -0.39 is 10.0 Å². The highest BCUT2D eigenvalue weighted by molar-refractivity contribution is 7.89. The van der Waals surface area contributed by atoms with Gasteiger partial charge < -0.3 is 15.5 Å². The third kappa shape index (κ3) is 5.65. The number of benzene rings is 2. The highest BCUT2D eigenvalue weighted by Gasteiger charge is 2.28. The lowest BCUT2D eigenvalue weighted by Crippen LogP contribution is -2.48. The van der Waals surface area contributed by atoms with Crippen LogP contribution in [0.2, 0.25) is 5.02 Å². The van der Waals surface area contributed by atoms with E-state index in [1.165, 1.54) is 16.4 Å². The number of halogens is 1. The maximum absolute atomic E-state index is 13.0. The first-order valence-electron chi connectivity index (χ1n) is 9.91. The normalized spacial score (nSPS) is 15.3. The first-order valence-corrected chi connectivity index (χ1v) is 11.7. The molecule has 30 heavy (non-hydrogen) atoms. The van der Waals surface area contributed by atoms with E-state index in [4.69, 9.17) is 11.6 Å². The highest BCUT2D eigenvalue weighted by Crippen LogP contribution is 2.24. The van der Waals surface area contributed by atoms with Crippen LogP contribution in [0.3, 0.4) is 0 Å². The molecule has 0 aromatic heterocycles. The van der Waals surface area contributed by atoms with Crippen LogP contribution in [-0.2, 0) is 10.0 Å². The van der Waals surface area contributed by atoms with Crippen molar-refractivity contribution in [3.05, 3.63) is 53.6 Å². The molecule has 2 aromatic rings. The van der Waals surface area contributed by atoms with E-state index in [1.54, 1.807) is 12.1 Å². The van der Waals surface area contributed by atoms with Crippen LogP contribution in [-0.4, -0.2) is 51.5 Å². The van der Waals surface area contributed by atoms with Crippen LogP contribution in [0, 0.1) is 5.92 Å². The standard InChI is InChI=1S/C21H27ClN4O3S/c1-16(2)15-23-21(27)24-18-6-8-20(9-7-18)30(28,29)26-12-10-25(11-13-26)19-5-3-4-17(22)14-19/h3-9,14,16H,10-13,15H2,1-2H3,(H2,23,24,27). The summed E-state index contributed by atoms with van der Waals surface area (Å²) in [5.41, 5.74) is 1.53. The molecule has 0 saturated carbocycles. The molecule has 3 rings (SSSR count). The summed E-state index contributed by atoms with van der Waals surface area (Å²) in [5, 5.41) is 6.13. The Balaban J connectivity index is 1.60. The number of hydrogen-bond acceptors (Lipinski definition) is 4. The largest absolute Gasteiger partial charge is 0.369 e. The molecule has 2 N–H and O–H groups in total. The first kappa shape index (κ1) is 22.4. The number of nitrogens with one attached hydrogen (secondary N) is 2. The second-order valence-electron chi connectivity index (χ2n) is 7.62. The molecule has 1 aliphatic heterocycles. The van der Waals surface area contributed by atoms with Crippen molar-refractivity contribution in [3.8, 4) is 0 Å². The summed E-state index contributed by atoms with van der Waals surface area (Å²) in [4.78, 5) is 14.2. The van der Waals surface area contributed by atoms with Crippen LogP contribution >= 0.6 is 11.6 Å². The van der Waals surface area contributed by atoms with Gasteiger partial charge in [0.1, 0.15) is 0 Å². The Morgan fingerprint density at radius 2 is 1.73 bits per heavy atom. The van der Waals surface area contributed by atoms with E-state index in [1.807, 2.05) is 38.1 Å². The van der Waals surface area contributed by atoms with E-state index >= 15 is 0 Å². The second-order valence-corrected chi connectivity index (χ2v) is 10.00. The molecule has 9 heteroatoms. The number of hydrogen-bond donors (Lipinski definition) is 2. The van der Waals surface area contributed by atoms with Gasteiger partial charge in [-0.15, -0.1) is 0 Å². The molecule has 0 aliphatic carbocycles. The highest BCUT2D eigenvalue weighted by atomic mass is 35.5. The average molecular weight is 451 g/mol. The van der Waals surface area contributed by atoms with Crippen molar-refractivity contribution in [1.29, 1.82) is 0 Å². The fraction of sp³-hybridized carbons (Fsp3) is 0.381. The number of amides is 2. The SMILES string of the molecule is CC(C)CNC(=O)Nc1ccc(S(=O)(=O)N2CCN(c3cccc(Cl)c3)CC2)cc1. The van der Waals surface area contributed by atoms with Gasteiger partial charge in [-0.3, -0.25) is 0 Å². The molecule has 0 bridgehead atoms. The van der Waals surface area contributed by atoms with Crippen molar-refractivity contribution in [2.24, 2.45) is 5.92 Å². The second kappa shape index (κ2) is 9.68. The Kier molecular flexibility index (Phi) is 7.23. The minimum Gasteiger partial charge on any atom is -0.369 e. The summed E-state index contributed by atoms with van der Waals surface area (Å²) in [6, 6.07) is 13.5. The number of urea groups is 1. The Labute approximate surface area is 183 Å². The van der Waals surface area contributed by atoms with Gasteiger partial charge in [0.2, 0.25) is 10.0 Å². The zero-order chi connectivity index (χ0) is 21.7. The van der Waals surface area contributed by atoms with Crippen LogP contribution in [0.25, 0.3) is 0 Å². The molecule has 1 heterocycles. The predicted octanol–water partition coefficient (Wildman–Crippen LogP) is 3.63. The minimum atomic E-state index is -3.59. The lowest BCUT2D eigenvalue weighted by atomic mass is 10.2. The number of nitrogens with zero attached hydrogens (tertiary/aromatic N) is 2. The van der Waals surface area contributed by atoms with Gasteiger partial charge in [-0.25, -0.2) is 13.2 Å². The van der Waals surface area contributed by atoms with E-state index in [0.717, 1.165) is 5.69 Å². The zero-order valence-corrected chi connectivity index (χ0v) is 18.7. The van der Waals surface area contributed by atoms with Gasteiger partial charge in [0.25, 0.3) is 0 Å². The quantitative estimate of drug-likeness (QED) is 0.704. The number of carbonyl (C=O) groups excluding carboxylic acids is 1. The predicted molar refractivity (Wildman–Crippen MR) is 121 cm³/mol. The number of anilines is 2. The summed E-state index contributed by atoms with van der Waals surface area (Å²) in [6.07, 6.45) is 0. The molecule has 0 spiro atoms. The molecular weight excluding hydrogens is 424 g/mol. The molecule has 1 saturated heterocycles. The minimum absolute atomic E-state index is 0.215. The summed E-state index contributed by atoms with van der Waals surface area (Å²) < 4.78 is 27.5. The third-order valence-electron chi connectivity index (χ3n) is 4.83. The molecular formula is C21H27ClN4O3S. The van der Waals surface area contributed by atoms with E-state index in [-0.39, 0.29) is 10.9 Å². The molecule has 1 aliphatic rings. The van der Waals surface area contributed by atoms with Crippen LogP contribution in [0.4, 0.5) is 16.2 Å². The molecule has 0 unspecified atom stereocenters. The lowest BCUT2D eigenvalue weighted by Gasteiger charge is -2.35. The maximum atomic E-state index is 13.0. The Hall–Kier alpha value is -2.29. The lowest BCUT2D eigenvalue weighted by molar-refractivity contribution is 0.251. The summed E-state index contributed by atoms with van der Waals surface area (Å²) in [5.74, 6) is 0.350. The van der Waals surface area contributed by atoms with E-state index in [9.17, 15) is 13.2 Å². The molecule has 2 amide bonds. The van der Waals surface area contributed by atoms with Gasteiger partial charge >= 0.3 is 6.03 Å². The van der Waals surface area contributed by atoms with Crippen molar-refractivity contribution < 1.29 is 13.2 Å². The average Bonchev–Trinajstić information content (AvgIpc) is 2.73. The Morgan fingerprint density at radius 3 is 2.33 bits per heavy atom. The maximum Gasteiger partial charge on any atom is 0.319 e. The van der Waals surface area contributed by atoms with E-state index in [2.05, 4.69) is 15.5 Å². The van der Waals surface area contributed by atoms with Crippen LogP contribution in [0.5, 0.6) is 0 Å². The molecule has 0 radical (unpaired) electrons. The number of sulfonamides is 1. The van der Waals surface area contributed by atoms with Gasteiger partial charge in [-0.1, -0.05) is 31.5 Å². The number of carbonyl (C=O) groups is 1. The summed E-state index contributed by atoms with van der Waals surface area (Å²) >= 11 is 6.06. The van der Waals surface area contributed by atoms with Crippen LogP contribution in [0.15, 0.2) is 53.4 Å². The Bertz CT molecular complexity index is 972. The summed E-state index contributed by atoms with van der Waals surface area (Å²) in [6.45, 7) is 6.56. The number of piperazine rings is 1.